The van der Waals surface area contributed by atoms with Gasteiger partial charge in [0.25, 0.3) is 5.91 Å². The molecule has 1 amide bonds. The normalized spacial score (nSPS) is 14.3. The Morgan fingerprint density at radius 2 is 1.81 bits per heavy atom. The van der Waals surface area contributed by atoms with E-state index in [0.717, 1.165) is 24.3 Å². The highest BCUT2D eigenvalue weighted by Gasteiger charge is 2.25. The molecule has 2 aromatic rings. The van der Waals surface area contributed by atoms with Crippen molar-refractivity contribution in [1.82, 2.24) is 4.90 Å². The van der Waals surface area contributed by atoms with Crippen LogP contribution in [0, 0.1) is 0 Å². The van der Waals surface area contributed by atoms with Gasteiger partial charge in [-0.1, -0.05) is 18.2 Å². The summed E-state index contributed by atoms with van der Waals surface area (Å²) in [6.07, 6.45) is 0. The van der Waals surface area contributed by atoms with Crippen LogP contribution in [-0.4, -0.2) is 51.1 Å². The van der Waals surface area contributed by atoms with Gasteiger partial charge in [-0.15, -0.1) is 0 Å². The van der Waals surface area contributed by atoms with E-state index in [0.29, 0.717) is 23.4 Å². The highest BCUT2D eigenvalue weighted by molar-refractivity contribution is 6.07. The molecule has 0 fully saturated rings. The highest BCUT2D eigenvalue weighted by Crippen LogP contribution is 2.28. The summed E-state index contributed by atoms with van der Waals surface area (Å²) < 4.78 is 10.0. The van der Waals surface area contributed by atoms with Crippen molar-refractivity contribution in [2.45, 2.75) is 6.54 Å². The van der Waals surface area contributed by atoms with Gasteiger partial charge in [-0.2, -0.15) is 0 Å². The minimum Gasteiger partial charge on any atom is -0.496 e. The van der Waals surface area contributed by atoms with E-state index in [9.17, 15) is 9.59 Å². The summed E-state index contributed by atoms with van der Waals surface area (Å²) in [7, 11) is 4.82. The zero-order valence-corrected chi connectivity index (χ0v) is 15.2. The van der Waals surface area contributed by atoms with Crippen LogP contribution in [0.2, 0.25) is 0 Å². The number of carbonyl (C=O) groups is 2. The number of rotatable bonds is 3. The number of amides is 1. The molecule has 0 radical (unpaired) electrons. The molecule has 6 nitrogen and oxygen atoms in total. The van der Waals surface area contributed by atoms with Gasteiger partial charge in [0.05, 0.1) is 14.2 Å². The van der Waals surface area contributed by atoms with Crippen LogP contribution < -0.4 is 9.64 Å². The Kier molecular flexibility index (Phi) is 5.23. The molecule has 0 bridgehead atoms. The lowest BCUT2D eigenvalue weighted by molar-refractivity contribution is 0.0596. The van der Waals surface area contributed by atoms with Crippen LogP contribution in [0.4, 0.5) is 5.69 Å². The number of hydrogen-bond acceptors (Lipinski definition) is 5. The average molecular weight is 354 g/mol. The zero-order valence-electron chi connectivity index (χ0n) is 15.2. The number of para-hydroxylation sites is 1. The summed E-state index contributed by atoms with van der Waals surface area (Å²) in [5.74, 6) is -0.298. The quantitative estimate of drug-likeness (QED) is 0.793. The molecule has 1 aliphatic rings. The van der Waals surface area contributed by atoms with Gasteiger partial charge in [-0.25, -0.2) is 4.79 Å². The van der Waals surface area contributed by atoms with Crippen LogP contribution in [0.5, 0.6) is 5.75 Å². The van der Waals surface area contributed by atoms with Crippen molar-refractivity contribution in [1.29, 1.82) is 0 Å². The van der Waals surface area contributed by atoms with Gasteiger partial charge >= 0.3 is 5.97 Å². The van der Waals surface area contributed by atoms with Crippen LogP contribution in [0.15, 0.2) is 42.5 Å². The van der Waals surface area contributed by atoms with E-state index < -0.39 is 5.97 Å². The molecule has 1 aliphatic heterocycles. The summed E-state index contributed by atoms with van der Waals surface area (Å²) in [6, 6.07) is 12.7. The second kappa shape index (κ2) is 7.58. The van der Waals surface area contributed by atoms with E-state index in [-0.39, 0.29) is 5.91 Å². The molecular weight excluding hydrogens is 332 g/mol. The Morgan fingerprint density at radius 1 is 1.04 bits per heavy atom. The Morgan fingerprint density at radius 3 is 2.54 bits per heavy atom. The van der Waals surface area contributed by atoms with E-state index >= 15 is 0 Å². The first kappa shape index (κ1) is 17.9. The molecule has 0 saturated carbocycles. The van der Waals surface area contributed by atoms with Gasteiger partial charge in [0.2, 0.25) is 0 Å². The Bertz CT molecular complexity index is 834. The summed E-state index contributed by atoms with van der Waals surface area (Å²) in [5, 5.41) is 0. The highest BCUT2D eigenvalue weighted by atomic mass is 16.5. The molecule has 136 valence electrons. The third kappa shape index (κ3) is 3.41. The topological polar surface area (TPSA) is 59.1 Å². The largest absolute Gasteiger partial charge is 0.496 e. The van der Waals surface area contributed by atoms with E-state index in [2.05, 4.69) is 4.90 Å². The van der Waals surface area contributed by atoms with Gasteiger partial charge in [0, 0.05) is 30.9 Å². The monoisotopic (exact) mass is 354 g/mol. The third-order valence-electron chi connectivity index (χ3n) is 4.53. The number of ether oxygens (including phenoxy) is 2. The van der Waals surface area contributed by atoms with Gasteiger partial charge in [0.1, 0.15) is 11.3 Å². The summed E-state index contributed by atoms with van der Waals surface area (Å²) >= 11 is 0. The maximum absolute atomic E-state index is 13.2. The SMILES string of the molecule is COC(=O)c1ccc(C(=O)N2CCN(C)Cc3ccccc32)cc1OC. The van der Waals surface area contributed by atoms with Crippen LogP contribution >= 0.6 is 0 Å². The van der Waals surface area contributed by atoms with Crippen molar-refractivity contribution >= 4 is 17.6 Å². The second-order valence-electron chi connectivity index (χ2n) is 6.23. The Hall–Kier alpha value is -2.86. The van der Waals surface area contributed by atoms with Crippen LogP contribution in [0.25, 0.3) is 0 Å². The number of benzene rings is 2. The van der Waals surface area contributed by atoms with Crippen LogP contribution in [0.3, 0.4) is 0 Å². The predicted octanol–water partition coefficient (Wildman–Crippen LogP) is 2.57. The average Bonchev–Trinajstić information content (AvgIpc) is 2.84. The van der Waals surface area contributed by atoms with Gasteiger partial charge < -0.3 is 19.3 Å². The molecule has 26 heavy (non-hydrogen) atoms. The molecule has 3 rings (SSSR count). The number of nitrogens with zero attached hydrogens (tertiary/aromatic N) is 2. The molecule has 0 atom stereocenters. The second-order valence-corrected chi connectivity index (χ2v) is 6.23. The molecule has 0 N–H and O–H groups in total. The molecule has 0 spiro atoms. The predicted molar refractivity (Wildman–Crippen MR) is 98.8 cm³/mol. The lowest BCUT2D eigenvalue weighted by Gasteiger charge is -2.23. The molecule has 1 heterocycles. The van der Waals surface area contributed by atoms with Gasteiger partial charge in [-0.05, 0) is 36.9 Å². The Labute approximate surface area is 152 Å². The fourth-order valence-corrected chi connectivity index (χ4v) is 3.14. The van der Waals surface area contributed by atoms with Gasteiger partial charge in [0.15, 0.2) is 0 Å². The molecule has 0 saturated heterocycles. The number of anilines is 1. The molecule has 0 aliphatic carbocycles. The number of esters is 1. The molecule has 2 aromatic carbocycles. The zero-order chi connectivity index (χ0) is 18.7. The van der Waals surface area contributed by atoms with Crippen molar-refractivity contribution in [3.63, 3.8) is 0 Å². The first-order chi connectivity index (χ1) is 12.5. The van der Waals surface area contributed by atoms with E-state index in [1.165, 1.54) is 14.2 Å². The summed E-state index contributed by atoms with van der Waals surface area (Å²) in [4.78, 5) is 29.0. The fourth-order valence-electron chi connectivity index (χ4n) is 3.14. The fraction of sp³-hybridized carbons (Fsp3) is 0.300. The smallest absolute Gasteiger partial charge is 0.341 e. The maximum atomic E-state index is 13.2. The number of carbonyl (C=O) groups excluding carboxylic acids is 2. The van der Waals surface area contributed by atoms with Crippen LogP contribution in [0.1, 0.15) is 26.3 Å². The first-order valence-corrected chi connectivity index (χ1v) is 8.40. The Balaban J connectivity index is 1.98. The van der Waals surface area contributed by atoms with Crippen LogP contribution in [-0.2, 0) is 11.3 Å². The number of methoxy groups -OCH3 is 2. The van der Waals surface area contributed by atoms with Crippen molar-refractivity contribution in [2.75, 3.05) is 39.3 Å². The van der Waals surface area contributed by atoms with E-state index in [1.807, 2.05) is 31.3 Å². The van der Waals surface area contributed by atoms with Crippen molar-refractivity contribution in [3.8, 4) is 5.75 Å². The van der Waals surface area contributed by atoms with Crippen molar-refractivity contribution in [3.05, 3.63) is 59.2 Å². The summed E-state index contributed by atoms with van der Waals surface area (Å²) in [6.45, 7) is 2.16. The lowest BCUT2D eigenvalue weighted by atomic mass is 10.1. The minimum atomic E-state index is -0.498. The minimum absolute atomic E-state index is 0.123. The lowest BCUT2D eigenvalue weighted by Crippen LogP contribution is -2.35. The molecule has 0 aromatic heterocycles. The van der Waals surface area contributed by atoms with E-state index in [4.69, 9.17) is 9.47 Å². The number of likely N-dealkylation sites (N-methyl/N-ethyl adjacent to an activating group) is 1. The first-order valence-electron chi connectivity index (χ1n) is 8.40. The van der Waals surface area contributed by atoms with Crippen molar-refractivity contribution in [2.24, 2.45) is 0 Å². The molecular formula is C20H22N2O4. The van der Waals surface area contributed by atoms with Crippen molar-refractivity contribution < 1.29 is 19.1 Å². The maximum Gasteiger partial charge on any atom is 0.341 e. The molecule has 0 unspecified atom stereocenters. The van der Waals surface area contributed by atoms with Gasteiger partial charge in [-0.3, -0.25) is 4.79 Å². The van der Waals surface area contributed by atoms with E-state index in [1.54, 1.807) is 23.1 Å². The molecule has 6 heteroatoms. The third-order valence-corrected chi connectivity index (χ3v) is 4.53. The number of fused-ring (bicyclic) bond motifs is 1. The number of hydrogen-bond donors (Lipinski definition) is 0. The summed E-state index contributed by atoms with van der Waals surface area (Å²) in [5.41, 5.74) is 2.79. The standard InChI is InChI=1S/C20H22N2O4/c1-21-10-11-22(17-7-5-4-6-15(17)13-21)19(23)14-8-9-16(20(24)26-3)18(12-14)25-2/h4-9,12H,10-11,13H2,1-3H3.